The molecule has 2 aromatic rings. The van der Waals surface area contributed by atoms with E-state index in [1.807, 2.05) is 18.2 Å². The molecule has 2 rings (SSSR count). The predicted molar refractivity (Wildman–Crippen MR) is 85.0 cm³/mol. The van der Waals surface area contributed by atoms with Crippen LogP contribution >= 0.6 is 11.3 Å². The lowest BCUT2D eigenvalue weighted by molar-refractivity contribution is 0.363. The van der Waals surface area contributed by atoms with Crippen molar-refractivity contribution in [3.63, 3.8) is 0 Å². The van der Waals surface area contributed by atoms with Crippen molar-refractivity contribution in [2.75, 3.05) is 6.61 Å². The first-order valence-electron chi connectivity index (χ1n) is 6.76. The van der Waals surface area contributed by atoms with Crippen LogP contribution < -0.4 is 10.1 Å². The van der Waals surface area contributed by atoms with E-state index in [9.17, 15) is 0 Å². The second-order valence-electron chi connectivity index (χ2n) is 4.46. The van der Waals surface area contributed by atoms with Gasteiger partial charge in [-0.25, -0.2) is 0 Å². The molecule has 0 bridgehead atoms. The molecule has 1 heterocycles. The highest BCUT2D eigenvalue weighted by Gasteiger charge is 2.11. The maximum atomic E-state index is 5.57. The average Bonchev–Trinajstić information content (AvgIpc) is 3.01. The Kier molecular flexibility index (Phi) is 5.67. The minimum atomic E-state index is 0.305. The summed E-state index contributed by atoms with van der Waals surface area (Å²) in [5.41, 5.74) is 1.14. The van der Waals surface area contributed by atoms with Crippen LogP contribution in [0.25, 0.3) is 0 Å². The van der Waals surface area contributed by atoms with Crippen LogP contribution in [0.15, 0.2) is 41.8 Å². The van der Waals surface area contributed by atoms with E-state index in [2.05, 4.69) is 41.7 Å². The van der Waals surface area contributed by atoms with Crippen molar-refractivity contribution in [2.45, 2.75) is 25.9 Å². The van der Waals surface area contributed by atoms with E-state index in [1.165, 1.54) is 4.88 Å². The van der Waals surface area contributed by atoms with Gasteiger partial charge in [-0.3, -0.25) is 0 Å². The monoisotopic (exact) mass is 285 g/mol. The van der Waals surface area contributed by atoms with E-state index in [4.69, 9.17) is 11.2 Å². The molecule has 0 saturated heterocycles. The van der Waals surface area contributed by atoms with E-state index in [-0.39, 0.29) is 0 Å². The maximum Gasteiger partial charge on any atom is 0.148 e. The minimum absolute atomic E-state index is 0.305. The van der Waals surface area contributed by atoms with Crippen molar-refractivity contribution >= 4 is 11.3 Å². The van der Waals surface area contributed by atoms with Crippen LogP contribution in [0.2, 0.25) is 0 Å². The second-order valence-corrected chi connectivity index (χ2v) is 5.44. The summed E-state index contributed by atoms with van der Waals surface area (Å²) in [5.74, 6) is 3.36. The lowest BCUT2D eigenvalue weighted by atomic mass is 10.1. The first-order valence-corrected chi connectivity index (χ1v) is 7.64. The number of thiophene rings is 1. The first kappa shape index (κ1) is 14.6. The summed E-state index contributed by atoms with van der Waals surface area (Å²) < 4.78 is 5.57. The van der Waals surface area contributed by atoms with E-state index in [1.54, 1.807) is 11.3 Å². The fourth-order valence-corrected chi connectivity index (χ4v) is 2.96. The van der Waals surface area contributed by atoms with Gasteiger partial charge in [-0.05, 0) is 23.9 Å². The first-order chi connectivity index (χ1) is 9.85. The van der Waals surface area contributed by atoms with Gasteiger partial charge < -0.3 is 10.1 Å². The molecule has 0 spiro atoms. The third-order valence-corrected chi connectivity index (χ3v) is 4.10. The van der Waals surface area contributed by atoms with Crippen LogP contribution in [-0.4, -0.2) is 6.61 Å². The van der Waals surface area contributed by atoms with Crippen molar-refractivity contribution in [2.24, 2.45) is 0 Å². The van der Waals surface area contributed by atoms with Gasteiger partial charge in [-0.2, -0.15) is 0 Å². The zero-order valence-corrected chi connectivity index (χ0v) is 12.5. The van der Waals surface area contributed by atoms with Gasteiger partial charge in [0.2, 0.25) is 0 Å². The molecule has 104 valence electrons. The van der Waals surface area contributed by atoms with E-state index in [0.717, 1.165) is 24.3 Å². The standard InChI is InChI=1S/C17H19NOS/c1-3-11-19-16-9-6-5-8-14(16)13-18-15(4-2)17-10-7-12-20-17/h1,5-10,12,15,18H,4,11,13H2,2H3. The fourth-order valence-electron chi connectivity index (χ4n) is 2.08. The smallest absolute Gasteiger partial charge is 0.148 e. The van der Waals surface area contributed by atoms with Crippen molar-refractivity contribution in [3.8, 4) is 18.1 Å². The number of hydrogen-bond acceptors (Lipinski definition) is 3. The molecule has 20 heavy (non-hydrogen) atoms. The maximum absolute atomic E-state index is 5.57. The summed E-state index contributed by atoms with van der Waals surface area (Å²) in [4.78, 5) is 1.37. The Morgan fingerprint density at radius 2 is 2.15 bits per heavy atom. The van der Waals surface area contributed by atoms with Crippen molar-refractivity contribution in [3.05, 3.63) is 52.2 Å². The molecular formula is C17H19NOS. The number of terminal acetylenes is 1. The molecule has 1 aromatic heterocycles. The Morgan fingerprint density at radius 1 is 1.30 bits per heavy atom. The van der Waals surface area contributed by atoms with Gasteiger partial charge in [0.1, 0.15) is 12.4 Å². The third kappa shape index (κ3) is 3.86. The molecular weight excluding hydrogens is 266 g/mol. The van der Waals surface area contributed by atoms with Gasteiger partial charge >= 0.3 is 0 Å². The Bertz CT molecular complexity index is 557. The number of para-hydroxylation sites is 1. The summed E-state index contributed by atoms with van der Waals surface area (Å²) >= 11 is 1.79. The molecule has 0 aliphatic heterocycles. The summed E-state index contributed by atoms with van der Waals surface area (Å²) in [7, 11) is 0. The van der Waals surface area contributed by atoms with Gasteiger partial charge in [0, 0.05) is 23.0 Å². The van der Waals surface area contributed by atoms with Gasteiger partial charge in [0.05, 0.1) is 0 Å². The lowest BCUT2D eigenvalue weighted by Crippen LogP contribution is -2.19. The largest absolute Gasteiger partial charge is 0.481 e. The van der Waals surface area contributed by atoms with Crippen molar-refractivity contribution < 1.29 is 4.74 Å². The number of nitrogens with one attached hydrogen (secondary N) is 1. The molecule has 2 nitrogen and oxygen atoms in total. The number of rotatable bonds is 7. The Morgan fingerprint density at radius 3 is 2.85 bits per heavy atom. The Hall–Kier alpha value is -1.76. The van der Waals surface area contributed by atoms with Gasteiger partial charge in [0.15, 0.2) is 0 Å². The highest BCUT2D eigenvalue weighted by atomic mass is 32.1. The predicted octanol–water partition coefficient (Wildman–Crippen LogP) is 4.00. The fraction of sp³-hybridized carbons (Fsp3) is 0.294. The highest BCUT2D eigenvalue weighted by molar-refractivity contribution is 7.10. The van der Waals surface area contributed by atoms with Crippen molar-refractivity contribution in [1.29, 1.82) is 0 Å². The minimum Gasteiger partial charge on any atom is -0.481 e. The summed E-state index contributed by atoms with van der Waals surface area (Å²) in [5, 5.41) is 5.70. The molecule has 0 radical (unpaired) electrons. The quantitative estimate of drug-likeness (QED) is 0.776. The molecule has 1 atom stereocenters. The second kappa shape index (κ2) is 7.74. The van der Waals surface area contributed by atoms with Crippen LogP contribution in [-0.2, 0) is 6.54 Å². The van der Waals surface area contributed by atoms with Crippen LogP contribution in [0.4, 0.5) is 0 Å². The molecule has 0 aliphatic rings. The molecule has 0 fully saturated rings. The van der Waals surface area contributed by atoms with Gasteiger partial charge in [-0.1, -0.05) is 37.1 Å². The van der Waals surface area contributed by atoms with Gasteiger partial charge in [-0.15, -0.1) is 17.8 Å². The van der Waals surface area contributed by atoms with Crippen LogP contribution in [0.5, 0.6) is 5.75 Å². The zero-order valence-electron chi connectivity index (χ0n) is 11.6. The summed E-state index contributed by atoms with van der Waals surface area (Å²) in [6.07, 6.45) is 6.31. The molecule has 0 saturated carbocycles. The van der Waals surface area contributed by atoms with E-state index in [0.29, 0.717) is 12.6 Å². The number of hydrogen-bond donors (Lipinski definition) is 1. The van der Waals surface area contributed by atoms with Gasteiger partial charge in [0.25, 0.3) is 0 Å². The molecule has 3 heteroatoms. The molecule has 1 unspecified atom stereocenters. The molecule has 1 N–H and O–H groups in total. The van der Waals surface area contributed by atoms with E-state index < -0.39 is 0 Å². The Balaban J connectivity index is 2.01. The summed E-state index contributed by atoms with van der Waals surface area (Å²) in [6.45, 7) is 3.27. The highest BCUT2D eigenvalue weighted by Crippen LogP contribution is 2.24. The normalized spacial score (nSPS) is 11.8. The van der Waals surface area contributed by atoms with Crippen LogP contribution in [0, 0.1) is 12.3 Å². The van der Waals surface area contributed by atoms with Crippen LogP contribution in [0.3, 0.4) is 0 Å². The lowest BCUT2D eigenvalue weighted by Gasteiger charge is -2.17. The van der Waals surface area contributed by atoms with E-state index >= 15 is 0 Å². The number of benzene rings is 1. The topological polar surface area (TPSA) is 21.3 Å². The molecule has 1 aromatic carbocycles. The van der Waals surface area contributed by atoms with Crippen LogP contribution in [0.1, 0.15) is 29.8 Å². The Labute approximate surface area is 124 Å². The zero-order chi connectivity index (χ0) is 14.2. The third-order valence-electron chi connectivity index (χ3n) is 3.12. The summed E-state index contributed by atoms with van der Waals surface area (Å²) in [6, 6.07) is 12.7. The number of ether oxygens (including phenoxy) is 1. The molecule has 0 amide bonds. The SMILES string of the molecule is C#CCOc1ccccc1CNC(CC)c1cccs1. The molecule has 0 aliphatic carbocycles. The van der Waals surface area contributed by atoms with Crippen molar-refractivity contribution in [1.82, 2.24) is 5.32 Å². The average molecular weight is 285 g/mol.